The van der Waals surface area contributed by atoms with Gasteiger partial charge in [-0.25, -0.2) is 4.98 Å². The molecule has 1 aliphatic rings. The number of hydrogen-bond acceptors (Lipinski definition) is 4. The second kappa shape index (κ2) is 9.69. The molecule has 0 radical (unpaired) electrons. The second-order valence-corrected chi connectivity index (χ2v) is 8.00. The van der Waals surface area contributed by atoms with Gasteiger partial charge in [-0.1, -0.05) is 26.0 Å². The molecule has 0 spiro atoms. The Kier molecular flexibility index (Phi) is 7.04. The summed E-state index contributed by atoms with van der Waals surface area (Å²) in [5, 5.41) is 3.64. The molecular weight excluding hydrogens is 350 g/mol. The van der Waals surface area contributed by atoms with Crippen LogP contribution in [-0.4, -0.2) is 24.0 Å². The van der Waals surface area contributed by atoms with Crippen molar-refractivity contribution >= 4 is 5.91 Å². The van der Waals surface area contributed by atoms with Crippen molar-refractivity contribution in [1.29, 1.82) is 0 Å². The standard InChI is InChI=1S/C23H31N3O2/c1-16(2)6-5-13-25-14-17-7-3-9-20-19(17)8-4-10-21(20)28-22-12-11-18(15-26-22)23(24)27/h4,8,10-12,15-17,25H,3,5-7,9,13-14H2,1-2H3,(H2,24,27). The highest BCUT2D eigenvalue weighted by molar-refractivity contribution is 5.92. The van der Waals surface area contributed by atoms with E-state index in [1.54, 1.807) is 12.1 Å². The van der Waals surface area contributed by atoms with Crippen LogP contribution < -0.4 is 15.8 Å². The molecule has 28 heavy (non-hydrogen) atoms. The van der Waals surface area contributed by atoms with Crippen molar-refractivity contribution in [3.05, 3.63) is 53.2 Å². The molecule has 3 N–H and O–H groups in total. The number of nitrogens with two attached hydrogens (primary N) is 1. The molecule has 2 aromatic rings. The highest BCUT2D eigenvalue weighted by Gasteiger charge is 2.23. The van der Waals surface area contributed by atoms with Gasteiger partial charge in [0.15, 0.2) is 0 Å². The van der Waals surface area contributed by atoms with Crippen LogP contribution in [0.2, 0.25) is 0 Å². The van der Waals surface area contributed by atoms with Crippen LogP contribution in [0.5, 0.6) is 11.6 Å². The monoisotopic (exact) mass is 381 g/mol. The van der Waals surface area contributed by atoms with Crippen molar-refractivity contribution < 1.29 is 9.53 Å². The van der Waals surface area contributed by atoms with E-state index < -0.39 is 5.91 Å². The largest absolute Gasteiger partial charge is 0.439 e. The zero-order valence-corrected chi connectivity index (χ0v) is 16.9. The van der Waals surface area contributed by atoms with E-state index in [0.717, 1.165) is 31.2 Å². The molecule has 5 heteroatoms. The molecule has 1 aromatic heterocycles. The van der Waals surface area contributed by atoms with E-state index in [1.165, 1.54) is 43.0 Å². The average molecular weight is 382 g/mol. The molecule has 3 rings (SSSR count). The predicted molar refractivity (Wildman–Crippen MR) is 112 cm³/mol. The van der Waals surface area contributed by atoms with Crippen molar-refractivity contribution in [1.82, 2.24) is 10.3 Å². The summed E-state index contributed by atoms with van der Waals surface area (Å²) in [4.78, 5) is 15.4. The van der Waals surface area contributed by atoms with Gasteiger partial charge in [0, 0.05) is 18.8 Å². The van der Waals surface area contributed by atoms with E-state index >= 15 is 0 Å². The lowest BCUT2D eigenvalue weighted by Crippen LogP contribution is -2.25. The van der Waals surface area contributed by atoms with Gasteiger partial charge in [0.05, 0.1) is 5.56 Å². The number of rotatable bonds is 9. The van der Waals surface area contributed by atoms with E-state index in [9.17, 15) is 4.79 Å². The Labute approximate surface area is 167 Å². The Balaban J connectivity index is 1.66. The molecule has 1 atom stereocenters. The highest BCUT2D eigenvalue weighted by atomic mass is 16.5. The van der Waals surface area contributed by atoms with Crippen LogP contribution in [-0.2, 0) is 6.42 Å². The summed E-state index contributed by atoms with van der Waals surface area (Å²) in [6.07, 6.45) is 7.35. The predicted octanol–water partition coefficient (Wildman–Crippen LogP) is 4.42. The Bertz CT molecular complexity index is 787. The van der Waals surface area contributed by atoms with E-state index in [0.29, 0.717) is 17.4 Å². The molecule has 1 amide bonds. The molecule has 0 saturated carbocycles. The third-order valence-electron chi connectivity index (χ3n) is 5.35. The maximum atomic E-state index is 11.2. The lowest BCUT2D eigenvalue weighted by Gasteiger charge is -2.27. The van der Waals surface area contributed by atoms with E-state index in [1.807, 2.05) is 6.07 Å². The SMILES string of the molecule is CC(C)CCCNCC1CCCc2c(Oc3ccc(C(N)=O)cn3)cccc21. The third kappa shape index (κ3) is 5.32. The minimum Gasteiger partial charge on any atom is -0.439 e. The van der Waals surface area contributed by atoms with E-state index in [-0.39, 0.29) is 0 Å². The van der Waals surface area contributed by atoms with Gasteiger partial charge >= 0.3 is 0 Å². The first kappa shape index (κ1) is 20.3. The van der Waals surface area contributed by atoms with Gasteiger partial charge in [0.1, 0.15) is 5.75 Å². The first-order valence-corrected chi connectivity index (χ1v) is 10.3. The van der Waals surface area contributed by atoms with Crippen LogP contribution in [0.3, 0.4) is 0 Å². The van der Waals surface area contributed by atoms with Crippen LogP contribution in [0.25, 0.3) is 0 Å². The summed E-state index contributed by atoms with van der Waals surface area (Å²) in [7, 11) is 0. The summed E-state index contributed by atoms with van der Waals surface area (Å²) in [5.41, 5.74) is 8.32. The molecule has 0 saturated heterocycles. The molecule has 1 aromatic carbocycles. The molecule has 1 heterocycles. The highest BCUT2D eigenvalue weighted by Crippen LogP contribution is 2.37. The summed E-state index contributed by atoms with van der Waals surface area (Å²) in [6, 6.07) is 9.62. The smallest absolute Gasteiger partial charge is 0.250 e. The number of carbonyl (C=O) groups excluding carboxylic acids is 1. The fourth-order valence-corrected chi connectivity index (χ4v) is 3.83. The minimum absolute atomic E-state index is 0.381. The summed E-state index contributed by atoms with van der Waals surface area (Å²) >= 11 is 0. The van der Waals surface area contributed by atoms with Gasteiger partial charge in [-0.15, -0.1) is 0 Å². The van der Waals surface area contributed by atoms with Crippen molar-refractivity contribution in [2.45, 2.75) is 51.9 Å². The Hall–Kier alpha value is -2.40. The Morgan fingerprint density at radius 2 is 2.18 bits per heavy atom. The average Bonchev–Trinajstić information content (AvgIpc) is 2.68. The zero-order chi connectivity index (χ0) is 19.9. The normalized spacial score (nSPS) is 16.0. The number of nitrogens with zero attached hydrogens (tertiary/aromatic N) is 1. The number of benzene rings is 1. The zero-order valence-electron chi connectivity index (χ0n) is 16.9. The van der Waals surface area contributed by atoms with Crippen LogP contribution >= 0.6 is 0 Å². The second-order valence-electron chi connectivity index (χ2n) is 8.00. The van der Waals surface area contributed by atoms with Gasteiger partial charge in [-0.05, 0) is 73.7 Å². The van der Waals surface area contributed by atoms with Crippen LogP contribution in [0.1, 0.15) is 66.9 Å². The van der Waals surface area contributed by atoms with Crippen LogP contribution in [0.15, 0.2) is 36.5 Å². The fourth-order valence-electron chi connectivity index (χ4n) is 3.83. The van der Waals surface area contributed by atoms with Gasteiger partial charge < -0.3 is 15.8 Å². The number of ether oxygens (including phenoxy) is 1. The number of fused-ring (bicyclic) bond motifs is 1. The number of carbonyl (C=O) groups is 1. The molecule has 0 aliphatic heterocycles. The molecule has 1 aliphatic carbocycles. The Morgan fingerprint density at radius 3 is 2.89 bits per heavy atom. The summed E-state index contributed by atoms with van der Waals surface area (Å²) in [5.74, 6) is 2.15. The van der Waals surface area contributed by atoms with Gasteiger partial charge in [-0.2, -0.15) is 0 Å². The third-order valence-corrected chi connectivity index (χ3v) is 5.35. The first-order chi connectivity index (χ1) is 13.5. The number of hydrogen-bond donors (Lipinski definition) is 2. The molecule has 150 valence electrons. The number of nitrogens with one attached hydrogen (secondary N) is 1. The van der Waals surface area contributed by atoms with E-state index in [4.69, 9.17) is 10.5 Å². The lowest BCUT2D eigenvalue weighted by molar-refractivity contribution is 0.1000. The summed E-state index contributed by atoms with van der Waals surface area (Å²) in [6.45, 7) is 6.64. The minimum atomic E-state index is -0.486. The van der Waals surface area contributed by atoms with Crippen molar-refractivity contribution in [2.75, 3.05) is 13.1 Å². The Morgan fingerprint density at radius 1 is 1.32 bits per heavy atom. The van der Waals surface area contributed by atoms with Crippen molar-refractivity contribution in [3.63, 3.8) is 0 Å². The van der Waals surface area contributed by atoms with Crippen LogP contribution in [0, 0.1) is 5.92 Å². The van der Waals surface area contributed by atoms with Gasteiger partial charge in [0.25, 0.3) is 0 Å². The first-order valence-electron chi connectivity index (χ1n) is 10.3. The molecule has 0 bridgehead atoms. The maximum absolute atomic E-state index is 11.2. The number of primary amides is 1. The van der Waals surface area contributed by atoms with Gasteiger partial charge in [-0.3, -0.25) is 4.79 Å². The summed E-state index contributed by atoms with van der Waals surface area (Å²) < 4.78 is 6.05. The number of aromatic nitrogens is 1. The number of amides is 1. The molecular formula is C23H31N3O2. The molecule has 1 unspecified atom stereocenters. The van der Waals surface area contributed by atoms with Crippen molar-refractivity contribution in [2.24, 2.45) is 11.7 Å². The number of pyridine rings is 1. The maximum Gasteiger partial charge on any atom is 0.250 e. The molecule has 0 fully saturated rings. The van der Waals surface area contributed by atoms with Crippen LogP contribution in [0.4, 0.5) is 0 Å². The quantitative estimate of drug-likeness (QED) is 0.631. The van der Waals surface area contributed by atoms with E-state index in [2.05, 4.69) is 36.3 Å². The van der Waals surface area contributed by atoms with Crippen molar-refractivity contribution in [3.8, 4) is 11.6 Å². The van der Waals surface area contributed by atoms with Gasteiger partial charge in [0.2, 0.25) is 11.8 Å². The molecule has 5 nitrogen and oxygen atoms in total. The topological polar surface area (TPSA) is 77.2 Å². The lowest BCUT2D eigenvalue weighted by atomic mass is 9.82. The fraction of sp³-hybridized carbons (Fsp3) is 0.478.